The van der Waals surface area contributed by atoms with Gasteiger partial charge in [0, 0.05) is 13.1 Å². The van der Waals surface area contributed by atoms with Crippen molar-refractivity contribution in [1.29, 1.82) is 0 Å². The van der Waals surface area contributed by atoms with Crippen LogP contribution in [-0.4, -0.2) is 48.6 Å². The third-order valence-corrected chi connectivity index (χ3v) is 3.42. The summed E-state index contributed by atoms with van der Waals surface area (Å²) >= 11 is 0. The van der Waals surface area contributed by atoms with Gasteiger partial charge in [0.15, 0.2) is 0 Å². The number of hydrogen-bond acceptors (Lipinski definition) is 3. The lowest BCUT2D eigenvalue weighted by atomic mass is 9.82. The summed E-state index contributed by atoms with van der Waals surface area (Å²) in [6, 6.07) is 0. The van der Waals surface area contributed by atoms with Gasteiger partial charge in [-0.05, 0) is 26.4 Å². The molecule has 0 aromatic heterocycles. The van der Waals surface area contributed by atoms with Crippen LogP contribution in [0.1, 0.15) is 19.8 Å². The highest BCUT2D eigenvalue weighted by molar-refractivity contribution is 5.85. The molecule has 0 aromatic rings. The first kappa shape index (κ1) is 14.7. The Bertz CT molecular complexity index is 328. The van der Waals surface area contributed by atoms with E-state index >= 15 is 0 Å². The summed E-state index contributed by atoms with van der Waals surface area (Å²) in [6.45, 7) is 4.33. The number of nitrogens with one attached hydrogen (secondary N) is 1. The molecule has 1 amide bonds. The summed E-state index contributed by atoms with van der Waals surface area (Å²) in [5, 5.41) is 11.9. The molecular formula is C13H22N2O3. The van der Waals surface area contributed by atoms with Gasteiger partial charge in [-0.25, -0.2) is 0 Å². The first-order valence-electron chi connectivity index (χ1n) is 6.40. The number of carboxylic acid groups (broad SMARTS) is 1. The standard InChI is InChI=1S/C13H22N2O3/c1-3-15(2)9-8-14-12(16)10-6-4-5-7-11(10)13(17)18/h4-5,10-11H,3,6-9H2,1-2H3,(H,14,16)(H,17,18)/t10-,11+/m1/s1. The van der Waals surface area contributed by atoms with E-state index in [1.165, 1.54) is 0 Å². The van der Waals surface area contributed by atoms with Crippen molar-refractivity contribution in [2.45, 2.75) is 19.8 Å². The van der Waals surface area contributed by atoms with Crippen LogP contribution in [0.3, 0.4) is 0 Å². The van der Waals surface area contributed by atoms with Crippen LogP contribution in [0.2, 0.25) is 0 Å². The topological polar surface area (TPSA) is 69.6 Å². The number of likely N-dealkylation sites (N-methyl/N-ethyl adjacent to an activating group) is 1. The minimum atomic E-state index is -0.884. The zero-order chi connectivity index (χ0) is 13.5. The van der Waals surface area contributed by atoms with Crippen LogP contribution < -0.4 is 5.32 Å². The monoisotopic (exact) mass is 254 g/mol. The first-order chi connectivity index (χ1) is 8.56. The molecule has 0 unspecified atom stereocenters. The number of carbonyl (C=O) groups is 2. The smallest absolute Gasteiger partial charge is 0.307 e. The number of nitrogens with zero attached hydrogens (tertiary/aromatic N) is 1. The second-order valence-electron chi connectivity index (χ2n) is 4.68. The zero-order valence-corrected chi connectivity index (χ0v) is 11.1. The van der Waals surface area contributed by atoms with Gasteiger partial charge in [-0.2, -0.15) is 0 Å². The Hall–Kier alpha value is -1.36. The highest BCUT2D eigenvalue weighted by Gasteiger charge is 2.33. The lowest BCUT2D eigenvalue weighted by Gasteiger charge is -2.24. The Morgan fingerprint density at radius 2 is 1.94 bits per heavy atom. The van der Waals surface area contributed by atoms with Gasteiger partial charge < -0.3 is 15.3 Å². The molecule has 0 aromatic carbocycles. The Morgan fingerprint density at radius 3 is 2.50 bits per heavy atom. The Labute approximate surface area is 108 Å². The normalized spacial score (nSPS) is 23.1. The van der Waals surface area contributed by atoms with Crippen molar-refractivity contribution >= 4 is 11.9 Å². The molecule has 1 rings (SSSR count). The van der Waals surface area contributed by atoms with E-state index in [-0.39, 0.29) is 5.91 Å². The summed E-state index contributed by atoms with van der Waals surface area (Å²) in [7, 11) is 1.98. The maximum absolute atomic E-state index is 12.0. The Morgan fingerprint density at radius 1 is 1.33 bits per heavy atom. The van der Waals surface area contributed by atoms with Gasteiger partial charge in [0.05, 0.1) is 11.8 Å². The highest BCUT2D eigenvalue weighted by Crippen LogP contribution is 2.25. The van der Waals surface area contributed by atoms with E-state index in [9.17, 15) is 9.59 Å². The van der Waals surface area contributed by atoms with Crippen molar-refractivity contribution in [2.75, 3.05) is 26.7 Å². The molecule has 5 nitrogen and oxygen atoms in total. The summed E-state index contributed by atoms with van der Waals surface area (Å²) in [5.74, 6) is -2.04. The van der Waals surface area contributed by atoms with E-state index in [1.807, 2.05) is 26.1 Å². The summed E-state index contributed by atoms with van der Waals surface area (Å²) in [5.41, 5.74) is 0. The van der Waals surface area contributed by atoms with E-state index in [1.54, 1.807) is 0 Å². The summed E-state index contributed by atoms with van der Waals surface area (Å²) in [6.07, 6.45) is 4.70. The summed E-state index contributed by atoms with van der Waals surface area (Å²) < 4.78 is 0. The number of amides is 1. The fourth-order valence-electron chi connectivity index (χ4n) is 2.04. The maximum Gasteiger partial charge on any atom is 0.307 e. The van der Waals surface area contributed by atoms with E-state index < -0.39 is 17.8 Å². The van der Waals surface area contributed by atoms with Crippen molar-refractivity contribution in [2.24, 2.45) is 11.8 Å². The predicted molar refractivity (Wildman–Crippen MR) is 69.2 cm³/mol. The molecule has 0 bridgehead atoms. The van der Waals surface area contributed by atoms with Crippen LogP contribution in [-0.2, 0) is 9.59 Å². The third-order valence-electron chi connectivity index (χ3n) is 3.42. The highest BCUT2D eigenvalue weighted by atomic mass is 16.4. The van der Waals surface area contributed by atoms with Gasteiger partial charge in [0.1, 0.15) is 0 Å². The fraction of sp³-hybridized carbons (Fsp3) is 0.692. The average molecular weight is 254 g/mol. The third kappa shape index (κ3) is 4.14. The van der Waals surface area contributed by atoms with Crippen molar-refractivity contribution in [3.8, 4) is 0 Å². The van der Waals surface area contributed by atoms with Crippen molar-refractivity contribution < 1.29 is 14.7 Å². The molecule has 2 N–H and O–H groups in total. The van der Waals surface area contributed by atoms with Crippen LogP contribution in [0.15, 0.2) is 12.2 Å². The molecule has 1 aliphatic rings. The molecular weight excluding hydrogens is 232 g/mol. The van der Waals surface area contributed by atoms with Crippen LogP contribution in [0.4, 0.5) is 0 Å². The number of rotatable bonds is 6. The minimum absolute atomic E-state index is 0.142. The van der Waals surface area contributed by atoms with Crippen molar-refractivity contribution in [1.82, 2.24) is 10.2 Å². The first-order valence-corrected chi connectivity index (χ1v) is 6.40. The number of carbonyl (C=O) groups excluding carboxylic acids is 1. The molecule has 0 saturated carbocycles. The second-order valence-corrected chi connectivity index (χ2v) is 4.68. The van der Waals surface area contributed by atoms with Crippen LogP contribution in [0, 0.1) is 11.8 Å². The Kier molecular flexibility index (Phi) is 5.85. The SMILES string of the molecule is CCN(C)CCNC(=O)[C@@H]1CC=CC[C@@H]1C(=O)O. The molecule has 2 atom stereocenters. The van der Waals surface area contributed by atoms with Gasteiger partial charge >= 0.3 is 5.97 Å². The van der Waals surface area contributed by atoms with Crippen molar-refractivity contribution in [3.63, 3.8) is 0 Å². The molecule has 0 aliphatic heterocycles. The van der Waals surface area contributed by atoms with Crippen molar-refractivity contribution in [3.05, 3.63) is 12.2 Å². The zero-order valence-electron chi connectivity index (χ0n) is 11.1. The van der Waals surface area contributed by atoms with Crippen LogP contribution in [0.5, 0.6) is 0 Å². The lowest BCUT2D eigenvalue weighted by Crippen LogP contribution is -2.41. The fourth-order valence-corrected chi connectivity index (χ4v) is 2.04. The predicted octanol–water partition coefficient (Wildman–Crippen LogP) is 0.721. The average Bonchev–Trinajstić information content (AvgIpc) is 2.38. The van der Waals surface area contributed by atoms with Gasteiger partial charge in [-0.15, -0.1) is 0 Å². The van der Waals surface area contributed by atoms with E-state index in [4.69, 9.17) is 5.11 Å². The largest absolute Gasteiger partial charge is 0.481 e. The quantitative estimate of drug-likeness (QED) is 0.685. The van der Waals surface area contributed by atoms with Gasteiger partial charge in [0.2, 0.25) is 5.91 Å². The molecule has 0 heterocycles. The number of hydrogen-bond donors (Lipinski definition) is 2. The molecule has 5 heteroatoms. The van der Waals surface area contributed by atoms with Gasteiger partial charge in [-0.3, -0.25) is 9.59 Å². The molecule has 0 spiro atoms. The molecule has 18 heavy (non-hydrogen) atoms. The molecule has 0 radical (unpaired) electrons. The molecule has 0 saturated heterocycles. The molecule has 102 valence electrons. The van der Waals surface area contributed by atoms with E-state index in [0.717, 1.165) is 13.1 Å². The van der Waals surface area contributed by atoms with E-state index in [2.05, 4.69) is 10.2 Å². The van der Waals surface area contributed by atoms with Crippen LogP contribution >= 0.6 is 0 Å². The minimum Gasteiger partial charge on any atom is -0.481 e. The number of aliphatic carboxylic acids is 1. The summed E-state index contributed by atoms with van der Waals surface area (Å²) in [4.78, 5) is 25.1. The molecule has 0 fully saturated rings. The van der Waals surface area contributed by atoms with Gasteiger partial charge in [-0.1, -0.05) is 19.1 Å². The second kappa shape index (κ2) is 7.16. The van der Waals surface area contributed by atoms with E-state index in [0.29, 0.717) is 19.4 Å². The van der Waals surface area contributed by atoms with Gasteiger partial charge in [0.25, 0.3) is 0 Å². The van der Waals surface area contributed by atoms with Crippen LogP contribution in [0.25, 0.3) is 0 Å². The maximum atomic E-state index is 12.0. The number of allylic oxidation sites excluding steroid dienone is 2. The number of carboxylic acids is 1. The Balaban J connectivity index is 2.44. The lowest BCUT2D eigenvalue weighted by molar-refractivity contribution is -0.147. The molecule has 1 aliphatic carbocycles.